The predicted octanol–water partition coefficient (Wildman–Crippen LogP) is 2.30. The van der Waals surface area contributed by atoms with Gasteiger partial charge in [0.15, 0.2) is 5.78 Å². The highest BCUT2D eigenvalue weighted by atomic mass is 16.6. The molecule has 1 aromatic rings. The maximum absolute atomic E-state index is 12.2. The number of carbonyl (C=O) groups is 2. The standard InChI is InChI=1S/C14H14O3/c1-9(15)17-14-11-6-3-2-5-10(11)12(14)7-4-8-13(14)16/h2-3,5-6,12H,4,7-8H2,1H3. The topological polar surface area (TPSA) is 43.4 Å². The SMILES string of the molecule is CC(=O)OC12C(=O)CCCC1c1ccccc12. The highest BCUT2D eigenvalue weighted by molar-refractivity contribution is 5.95. The fourth-order valence-electron chi connectivity index (χ4n) is 3.23. The first-order valence-corrected chi connectivity index (χ1v) is 5.98. The number of ether oxygens (including phenoxy) is 1. The third-order valence-corrected chi connectivity index (χ3v) is 3.84. The second-order valence-corrected chi connectivity index (χ2v) is 4.78. The number of ketones is 1. The first kappa shape index (κ1) is 10.5. The van der Waals surface area contributed by atoms with Crippen LogP contribution in [-0.4, -0.2) is 11.8 Å². The minimum atomic E-state index is -0.958. The van der Waals surface area contributed by atoms with Gasteiger partial charge in [0, 0.05) is 24.8 Å². The van der Waals surface area contributed by atoms with Gasteiger partial charge in [0.05, 0.1) is 0 Å². The van der Waals surface area contributed by atoms with Crippen molar-refractivity contribution in [3.05, 3.63) is 35.4 Å². The van der Waals surface area contributed by atoms with Crippen LogP contribution in [0.4, 0.5) is 0 Å². The Labute approximate surface area is 99.8 Å². The Bertz CT molecular complexity index is 506. The van der Waals surface area contributed by atoms with Crippen LogP contribution in [0.25, 0.3) is 0 Å². The van der Waals surface area contributed by atoms with Gasteiger partial charge >= 0.3 is 5.97 Å². The fourth-order valence-corrected chi connectivity index (χ4v) is 3.23. The molecule has 0 radical (unpaired) electrons. The summed E-state index contributed by atoms with van der Waals surface area (Å²) in [6.45, 7) is 1.37. The molecule has 0 aliphatic heterocycles. The lowest BCUT2D eigenvalue weighted by atomic mass is 9.57. The van der Waals surface area contributed by atoms with Crippen molar-refractivity contribution >= 4 is 11.8 Å². The van der Waals surface area contributed by atoms with Crippen molar-refractivity contribution in [2.75, 3.05) is 0 Å². The molecule has 0 heterocycles. The molecule has 0 spiro atoms. The lowest BCUT2D eigenvalue weighted by Gasteiger charge is -2.51. The Morgan fingerprint density at radius 2 is 2.18 bits per heavy atom. The maximum atomic E-state index is 12.2. The van der Waals surface area contributed by atoms with Gasteiger partial charge in [-0.2, -0.15) is 0 Å². The summed E-state index contributed by atoms with van der Waals surface area (Å²) in [6.07, 6.45) is 2.33. The van der Waals surface area contributed by atoms with Gasteiger partial charge in [0.25, 0.3) is 0 Å². The minimum absolute atomic E-state index is 0.0580. The third kappa shape index (κ3) is 1.22. The summed E-state index contributed by atoms with van der Waals surface area (Å²) in [5.74, 6) is -0.244. The Morgan fingerprint density at radius 1 is 1.41 bits per heavy atom. The lowest BCUT2D eigenvalue weighted by Crippen LogP contribution is -2.54. The molecule has 0 amide bonds. The van der Waals surface area contributed by atoms with Gasteiger partial charge in [0.1, 0.15) is 0 Å². The van der Waals surface area contributed by atoms with Crippen LogP contribution in [-0.2, 0) is 19.9 Å². The van der Waals surface area contributed by atoms with Crippen LogP contribution in [0, 0.1) is 0 Å². The van der Waals surface area contributed by atoms with Gasteiger partial charge < -0.3 is 4.74 Å². The molecule has 3 heteroatoms. The van der Waals surface area contributed by atoms with Crippen molar-refractivity contribution in [1.29, 1.82) is 0 Å². The zero-order chi connectivity index (χ0) is 12.0. The summed E-state index contributed by atoms with van der Waals surface area (Å²) in [4.78, 5) is 23.5. The van der Waals surface area contributed by atoms with E-state index in [0.29, 0.717) is 6.42 Å². The van der Waals surface area contributed by atoms with Crippen LogP contribution in [0.2, 0.25) is 0 Å². The fraction of sp³-hybridized carbons (Fsp3) is 0.429. The number of hydrogen-bond acceptors (Lipinski definition) is 3. The number of fused-ring (bicyclic) bond motifs is 4. The van der Waals surface area contributed by atoms with Crippen molar-refractivity contribution in [3.8, 4) is 0 Å². The average molecular weight is 230 g/mol. The third-order valence-electron chi connectivity index (χ3n) is 3.84. The minimum Gasteiger partial charge on any atom is -0.446 e. The number of Topliss-reactive ketones (excluding diaryl/α,β-unsaturated/α-hetero) is 1. The van der Waals surface area contributed by atoms with E-state index in [1.807, 2.05) is 24.3 Å². The summed E-state index contributed by atoms with van der Waals surface area (Å²) >= 11 is 0. The number of esters is 1. The summed E-state index contributed by atoms with van der Waals surface area (Å²) in [6, 6.07) is 7.79. The molecule has 2 aliphatic carbocycles. The van der Waals surface area contributed by atoms with Crippen molar-refractivity contribution in [2.45, 2.75) is 37.7 Å². The largest absolute Gasteiger partial charge is 0.446 e. The normalized spacial score (nSPS) is 29.9. The van der Waals surface area contributed by atoms with Gasteiger partial charge in [-0.25, -0.2) is 0 Å². The quantitative estimate of drug-likeness (QED) is 0.695. The van der Waals surface area contributed by atoms with E-state index in [-0.39, 0.29) is 17.7 Å². The summed E-state index contributed by atoms with van der Waals surface area (Å²) in [5.41, 5.74) is 1.10. The second-order valence-electron chi connectivity index (χ2n) is 4.78. The van der Waals surface area contributed by atoms with E-state index in [9.17, 15) is 9.59 Å². The van der Waals surface area contributed by atoms with Crippen LogP contribution >= 0.6 is 0 Å². The second kappa shape index (κ2) is 3.42. The Balaban J connectivity index is 2.13. The Kier molecular flexibility index (Phi) is 2.12. The highest BCUT2D eigenvalue weighted by Gasteiger charge is 2.60. The molecule has 88 valence electrons. The molecular weight excluding hydrogens is 216 g/mol. The van der Waals surface area contributed by atoms with Crippen molar-refractivity contribution in [3.63, 3.8) is 0 Å². The van der Waals surface area contributed by atoms with E-state index in [0.717, 1.165) is 18.4 Å². The zero-order valence-corrected chi connectivity index (χ0v) is 9.73. The van der Waals surface area contributed by atoms with Crippen LogP contribution < -0.4 is 0 Å². The van der Waals surface area contributed by atoms with Crippen molar-refractivity contribution in [2.24, 2.45) is 0 Å². The van der Waals surface area contributed by atoms with Gasteiger partial charge in [-0.05, 0) is 18.4 Å². The molecule has 1 saturated carbocycles. The van der Waals surface area contributed by atoms with Gasteiger partial charge in [-0.1, -0.05) is 24.3 Å². The first-order chi connectivity index (χ1) is 8.16. The Hall–Kier alpha value is -1.64. The van der Waals surface area contributed by atoms with E-state index in [1.54, 1.807) is 0 Å². The van der Waals surface area contributed by atoms with Crippen LogP contribution in [0.1, 0.15) is 43.2 Å². The molecule has 2 atom stereocenters. The molecule has 3 rings (SSSR count). The molecule has 3 nitrogen and oxygen atoms in total. The zero-order valence-electron chi connectivity index (χ0n) is 9.73. The summed E-state index contributed by atoms with van der Waals surface area (Å²) in [5, 5.41) is 0. The predicted molar refractivity (Wildman–Crippen MR) is 61.5 cm³/mol. The highest BCUT2D eigenvalue weighted by Crippen LogP contribution is 2.58. The van der Waals surface area contributed by atoms with Crippen LogP contribution in [0.15, 0.2) is 24.3 Å². The molecule has 0 aromatic heterocycles. The number of carbonyl (C=O) groups excluding carboxylic acids is 2. The molecule has 0 N–H and O–H groups in total. The van der Waals surface area contributed by atoms with Crippen molar-refractivity contribution in [1.82, 2.24) is 0 Å². The van der Waals surface area contributed by atoms with E-state index in [4.69, 9.17) is 4.74 Å². The molecule has 2 unspecified atom stereocenters. The molecule has 1 fully saturated rings. The molecule has 0 saturated heterocycles. The lowest BCUT2D eigenvalue weighted by molar-refractivity contribution is -0.177. The maximum Gasteiger partial charge on any atom is 0.303 e. The van der Waals surface area contributed by atoms with Crippen LogP contribution in [0.5, 0.6) is 0 Å². The summed E-state index contributed by atoms with van der Waals surface area (Å²) in [7, 11) is 0. The first-order valence-electron chi connectivity index (χ1n) is 5.98. The van der Waals surface area contributed by atoms with E-state index < -0.39 is 5.60 Å². The Morgan fingerprint density at radius 3 is 2.94 bits per heavy atom. The van der Waals surface area contributed by atoms with Gasteiger partial charge in [-0.15, -0.1) is 0 Å². The number of benzene rings is 1. The van der Waals surface area contributed by atoms with E-state index in [2.05, 4.69) is 0 Å². The van der Waals surface area contributed by atoms with Crippen LogP contribution in [0.3, 0.4) is 0 Å². The smallest absolute Gasteiger partial charge is 0.303 e. The monoisotopic (exact) mass is 230 g/mol. The molecule has 2 aliphatic rings. The molecule has 1 aromatic carbocycles. The van der Waals surface area contributed by atoms with E-state index in [1.165, 1.54) is 12.5 Å². The number of hydrogen-bond donors (Lipinski definition) is 0. The molecule has 0 bridgehead atoms. The molecule has 17 heavy (non-hydrogen) atoms. The van der Waals surface area contributed by atoms with E-state index >= 15 is 0 Å². The average Bonchev–Trinajstić information content (AvgIpc) is 2.30. The van der Waals surface area contributed by atoms with Gasteiger partial charge in [-0.3, -0.25) is 9.59 Å². The number of rotatable bonds is 1. The molecular formula is C14H14O3. The van der Waals surface area contributed by atoms with Crippen molar-refractivity contribution < 1.29 is 14.3 Å². The van der Waals surface area contributed by atoms with Gasteiger partial charge in [0.2, 0.25) is 5.60 Å². The summed E-state index contributed by atoms with van der Waals surface area (Å²) < 4.78 is 5.43.